The third-order valence-electron chi connectivity index (χ3n) is 9.98. The Morgan fingerprint density at radius 1 is 0.400 bits per heavy atom. The minimum absolute atomic E-state index is 0.537. The SMILES string of the molecule is c1ccc(-c2nc(-c3ccc4c(c3)C3(c5ccccc5-c5ccccc53)c3ccccc3N4c3ccccc3)nc(-c3ccccn3)n2)cc1. The molecular formula is C45H29N5. The van der Waals surface area contributed by atoms with E-state index in [-0.39, 0.29) is 0 Å². The summed E-state index contributed by atoms with van der Waals surface area (Å²) in [7, 11) is 0. The minimum atomic E-state index is -0.570. The van der Waals surface area contributed by atoms with Crippen LogP contribution in [0.25, 0.3) is 45.4 Å². The van der Waals surface area contributed by atoms with Crippen LogP contribution in [0.2, 0.25) is 0 Å². The molecule has 1 spiro atoms. The second kappa shape index (κ2) is 11.2. The highest BCUT2D eigenvalue weighted by Crippen LogP contribution is 2.63. The van der Waals surface area contributed by atoms with E-state index in [1.807, 2.05) is 48.5 Å². The van der Waals surface area contributed by atoms with Gasteiger partial charge in [-0.1, -0.05) is 121 Å². The first kappa shape index (κ1) is 28.3. The normalized spacial score (nSPS) is 13.3. The number of rotatable bonds is 4. The molecule has 6 aromatic carbocycles. The van der Waals surface area contributed by atoms with Gasteiger partial charge in [-0.3, -0.25) is 4.98 Å². The first-order valence-corrected chi connectivity index (χ1v) is 16.8. The highest BCUT2D eigenvalue weighted by molar-refractivity contribution is 5.96. The van der Waals surface area contributed by atoms with E-state index in [9.17, 15) is 0 Å². The Hall–Kier alpha value is -6.72. The predicted molar refractivity (Wildman–Crippen MR) is 199 cm³/mol. The number of benzene rings is 6. The fraction of sp³-hybridized carbons (Fsp3) is 0.0222. The topological polar surface area (TPSA) is 54.8 Å². The molecule has 0 saturated carbocycles. The van der Waals surface area contributed by atoms with E-state index in [4.69, 9.17) is 15.0 Å². The maximum Gasteiger partial charge on any atom is 0.182 e. The van der Waals surface area contributed by atoms with Gasteiger partial charge in [0.05, 0.1) is 16.8 Å². The Labute approximate surface area is 290 Å². The number of hydrogen-bond acceptors (Lipinski definition) is 5. The lowest BCUT2D eigenvalue weighted by molar-refractivity contribution is 0.753. The molecule has 0 fully saturated rings. The molecule has 0 atom stereocenters. The van der Waals surface area contributed by atoms with Crippen molar-refractivity contribution < 1.29 is 0 Å². The zero-order valence-electron chi connectivity index (χ0n) is 27.0. The van der Waals surface area contributed by atoms with Crippen molar-refractivity contribution in [1.29, 1.82) is 0 Å². The molecule has 50 heavy (non-hydrogen) atoms. The van der Waals surface area contributed by atoms with Crippen LogP contribution in [0.5, 0.6) is 0 Å². The Kier molecular flexibility index (Phi) is 6.33. The molecule has 5 nitrogen and oxygen atoms in total. The molecular weight excluding hydrogens is 611 g/mol. The van der Waals surface area contributed by atoms with Crippen molar-refractivity contribution in [2.24, 2.45) is 0 Å². The van der Waals surface area contributed by atoms with Crippen molar-refractivity contribution in [3.05, 3.63) is 198 Å². The summed E-state index contributed by atoms with van der Waals surface area (Å²) in [6.07, 6.45) is 1.77. The number of para-hydroxylation sites is 2. The molecule has 5 heteroatoms. The summed E-state index contributed by atoms with van der Waals surface area (Å²) in [5.41, 5.74) is 12.8. The summed E-state index contributed by atoms with van der Waals surface area (Å²) in [4.78, 5) is 22.1. The van der Waals surface area contributed by atoms with Crippen LogP contribution in [0.1, 0.15) is 22.3 Å². The fourth-order valence-corrected chi connectivity index (χ4v) is 7.93. The second-order valence-corrected chi connectivity index (χ2v) is 12.6. The molecule has 3 heterocycles. The van der Waals surface area contributed by atoms with Gasteiger partial charge >= 0.3 is 0 Å². The maximum atomic E-state index is 5.11. The van der Waals surface area contributed by atoms with Crippen molar-refractivity contribution in [2.45, 2.75) is 5.41 Å². The predicted octanol–water partition coefficient (Wildman–Crippen LogP) is 10.4. The number of pyridine rings is 1. The van der Waals surface area contributed by atoms with Gasteiger partial charge in [-0.05, 0) is 81.9 Å². The van der Waals surface area contributed by atoms with E-state index >= 15 is 0 Å². The average Bonchev–Trinajstić information content (AvgIpc) is 3.50. The number of nitrogens with zero attached hydrogens (tertiary/aromatic N) is 5. The number of fused-ring (bicyclic) bond motifs is 9. The van der Waals surface area contributed by atoms with Gasteiger partial charge in [0, 0.05) is 23.0 Å². The van der Waals surface area contributed by atoms with E-state index in [1.54, 1.807) is 6.20 Å². The van der Waals surface area contributed by atoms with E-state index in [0.29, 0.717) is 23.2 Å². The molecule has 10 rings (SSSR count). The minimum Gasteiger partial charge on any atom is -0.310 e. The van der Waals surface area contributed by atoms with E-state index in [0.717, 1.165) is 28.2 Å². The largest absolute Gasteiger partial charge is 0.310 e. The van der Waals surface area contributed by atoms with Crippen LogP contribution in [0.3, 0.4) is 0 Å². The standard InChI is InChI=1S/C45H29N5/c1-3-15-30(16-4-1)42-47-43(49-44(48-42)39-24-13-14-28-46-39)31-26-27-41-38(29-31)45(35-21-9-7-19-33(35)34-20-8-10-22-36(34)45)37-23-11-12-25-40(37)50(41)32-17-5-2-6-18-32/h1-29H. The highest BCUT2D eigenvalue weighted by Gasteiger charge is 2.51. The first-order chi connectivity index (χ1) is 24.8. The van der Waals surface area contributed by atoms with Crippen LogP contribution in [0, 0.1) is 0 Å². The monoisotopic (exact) mass is 639 g/mol. The highest BCUT2D eigenvalue weighted by atomic mass is 15.2. The Balaban J connectivity index is 1.29. The van der Waals surface area contributed by atoms with Gasteiger partial charge in [0.1, 0.15) is 5.69 Å². The van der Waals surface area contributed by atoms with Gasteiger partial charge in [0.15, 0.2) is 17.5 Å². The zero-order valence-corrected chi connectivity index (χ0v) is 27.0. The quantitative estimate of drug-likeness (QED) is 0.192. The van der Waals surface area contributed by atoms with Crippen molar-refractivity contribution in [2.75, 3.05) is 4.90 Å². The summed E-state index contributed by atoms with van der Waals surface area (Å²) < 4.78 is 0. The fourth-order valence-electron chi connectivity index (χ4n) is 7.93. The van der Waals surface area contributed by atoms with E-state index in [2.05, 4.69) is 131 Å². The molecule has 0 saturated heterocycles. The zero-order chi connectivity index (χ0) is 33.1. The van der Waals surface area contributed by atoms with Crippen LogP contribution in [0.4, 0.5) is 17.1 Å². The van der Waals surface area contributed by atoms with Crippen molar-refractivity contribution in [3.8, 4) is 45.4 Å². The summed E-state index contributed by atoms with van der Waals surface area (Å²) >= 11 is 0. The molecule has 0 bridgehead atoms. The number of aromatic nitrogens is 4. The lowest BCUT2D eigenvalue weighted by Crippen LogP contribution is -2.36. The third kappa shape index (κ3) is 4.13. The molecule has 0 radical (unpaired) electrons. The Morgan fingerprint density at radius 3 is 1.66 bits per heavy atom. The molecule has 0 N–H and O–H groups in total. The molecule has 8 aromatic rings. The lowest BCUT2D eigenvalue weighted by Gasteiger charge is -2.45. The Morgan fingerprint density at radius 2 is 0.960 bits per heavy atom. The van der Waals surface area contributed by atoms with Crippen molar-refractivity contribution >= 4 is 17.1 Å². The van der Waals surface area contributed by atoms with Gasteiger partial charge < -0.3 is 4.90 Å². The van der Waals surface area contributed by atoms with Gasteiger partial charge in [-0.25, -0.2) is 15.0 Å². The molecule has 234 valence electrons. The molecule has 2 aromatic heterocycles. The lowest BCUT2D eigenvalue weighted by atomic mass is 9.64. The van der Waals surface area contributed by atoms with Gasteiger partial charge in [-0.2, -0.15) is 0 Å². The van der Waals surface area contributed by atoms with Gasteiger partial charge in [0.2, 0.25) is 0 Å². The van der Waals surface area contributed by atoms with Crippen LogP contribution in [0.15, 0.2) is 176 Å². The maximum absolute atomic E-state index is 5.11. The van der Waals surface area contributed by atoms with Crippen LogP contribution in [-0.2, 0) is 5.41 Å². The van der Waals surface area contributed by atoms with E-state index < -0.39 is 5.41 Å². The van der Waals surface area contributed by atoms with Crippen LogP contribution >= 0.6 is 0 Å². The molecule has 1 aliphatic heterocycles. The van der Waals surface area contributed by atoms with Crippen LogP contribution < -0.4 is 4.90 Å². The van der Waals surface area contributed by atoms with Crippen molar-refractivity contribution in [1.82, 2.24) is 19.9 Å². The molecule has 1 aliphatic carbocycles. The van der Waals surface area contributed by atoms with E-state index in [1.165, 1.54) is 33.4 Å². The van der Waals surface area contributed by atoms with Crippen molar-refractivity contribution in [3.63, 3.8) is 0 Å². The average molecular weight is 640 g/mol. The number of anilines is 3. The van der Waals surface area contributed by atoms with Gasteiger partial charge in [-0.15, -0.1) is 0 Å². The summed E-state index contributed by atoms with van der Waals surface area (Å²) in [6, 6.07) is 59.8. The first-order valence-electron chi connectivity index (χ1n) is 16.8. The second-order valence-electron chi connectivity index (χ2n) is 12.6. The smallest absolute Gasteiger partial charge is 0.182 e. The third-order valence-corrected chi connectivity index (χ3v) is 9.98. The summed E-state index contributed by atoms with van der Waals surface area (Å²) in [5.74, 6) is 1.74. The van der Waals surface area contributed by atoms with Gasteiger partial charge in [0.25, 0.3) is 0 Å². The molecule has 2 aliphatic rings. The summed E-state index contributed by atoms with van der Waals surface area (Å²) in [6.45, 7) is 0. The molecule has 0 amide bonds. The number of hydrogen-bond donors (Lipinski definition) is 0. The summed E-state index contributed by atoms with van der Waals surface area (Å²) in [5, 5.41) is 0. The Bertz CT molecular complexity index is 2450. The van der Waals surface area contributed by atoms with Crippen LogP contribution in [-0.4, -0.2) is 19.9 Å². The molecule has 0 unspecified atom stereocenters.